The third-order valence-electron chi connectivity index (χ3n) is 3.16. The van der Waals surface area contributed by atoms with Gasteiger partial charge in [-0.1, -0.05) is 13.5 Å². The van der Waals surface area contributed by atoms with Gasteiger partial charge in [-0.25, -0.2) is 9.59 Å². The average Bonchev–Trinajstić information content (AvgIpc) is 2.75. The van der Waals surface area contributed by atoms with E-state index >= 15 is 0 Å². The molecule has 0 aromatic carbocycles. The first-order valence-corrected chi connectivity index (χ1v) is 6.03. The maximum atomic E-state index is 11.6. The summed E-state index contributed by atoms with van der Waals surface area (Å²) in [5.74, 6) is -1.03. The molecule has 1 aliphatic rings. The normalized spacial score (nSPS) is 17.5. The summed E-state index contributed by atoms with van der Waals surface area (Å²) in [5, 5.41) is 0. The molecule has 0 aromatic rings. The predicted molar refractivity (Wildman–Crippen MR) is 63.4 cm³/mol. The molecule has 0 N–H and O–H groups in total. The molecule has 0 spiro atoms. The third-order valence-corrected chi connectivity index (χ3v) is 3.16. The molecule has 0 saturated heterocycles. The fourth-order valence-corrected chi connectivity index (χ4v) is 2.07. The van der Waals surface area contributed by atoms with Crippen molar-refractivity contribution in [2.24, 2.45) is 0 Å². The highest BCUT2D eigenvalue weighted by molar-refractivity contribution is 5.88. The lowest BCUT2D eigenvalue weighted by atomic mass is 9.99. The molecule has 17 heavy (non-hydrogen) atoms. The molecule has 0 aromatic heterocycles. The van der Waals surface area contributed by atoms with Crippen molar-refractivity contribution in [1.82, 2.24) is 0 Å². The molecule has 4 heteroatoms. The predicted octanol–water partition coefficient (Wildman–Crippen LogP) is 2.37. The molecule has 0 unspecified atom stereocenters. The van der Waals surface area contributed by atoms with Crippen LogP contribution in [0, 0.1) is 0 Å². The minimum absolute atomic E-state index is 0.281. The van der Waals surface area contributed by atoms with Crippen LogP contribution < -0.4 is 0 Å². The van der Waals surface area contributed by atoms with Crippen LogP contribution in [0.3, 0.4) is 0 Å². The van der Waals surface area contributed by atoms with Crippen LogP contribution in [0.1, 0.15) is 46.0 Å². The van der Waals surface area contributed by atoms with Gasteiger partial charge in [0, 0.05) is 5.57 Å². The zero-order valence-corrected chi connectivity index (χ0v) is 10.6. The first-order valence-electron chi connectivity index (χ1n) is 6.03. The molecule has 96 valence electrons. The van der Waals surface area contributed by atoms with Crippen LogP contribution in [0.2, 0.25) is 0 Å². The Kier molecular flexibility index (Phi) is 4.73. The van der Waals surface area contributed by atoms with Gasteiger partial charge in [0.15, 0.2) is 6.61 Å². The van der Waals surface area contributed by atoms with Crippen molar-refractivity contribution in [3.05, 3.63) is 12.2 Å². The van der Waals surface area contributed by atoms with Gasteiger partial charge in [0.25, 0.3) is 0 Å². The van der Waals surface area contributed by atoms with E-state index in [2.05, 4.69) is 6.58 Å². The number of hydrogen-bond donors (Lipinski definition) is 0. The van der Waals surface area contributed by atoms with E-state index in [4.69, 9.17) is 9.47 Å². The van der Waals surface area contributed by atoms with Gasteiger partial charge in [-0.2, -0.15) is 0 Å². The largest absolute Gasteiger partial charge is 0.457 e. The van der Waals surface area contributed by atoms with Crippen molar-refractivity contribution in [2.45, 2.75) is 51.6 Å². The summed E-state index contributed by atoms with van der Waals surface area (Å²) in [6.07, 6.45) is 4.81. The summed E-state index contributed by atoms with van der Waals surface area (Å²) >= 11 is 0. The smallest absolute Gasteiger partial charge is 0.344 e. The molecular formula is C13H20O4. The van der Waals surface area contributed by atoms with Crippen LogP contribution in [0.15, 0.2) is 12.2 Å². The number of ether oxygens (including phenoxy) is 2. The number of hydrogen-bond acceptors (Lipinski definition) is 4. The summed E-state index contributed by atoms with van der Waals surface area (Å²) in [6.45, 7) is 6.67. The number of rotatable bonds is 5. The molecule has 0 heterocycles. The van der Waals surface area contributed by atoms with E-state index in [1.165, 1.54) is 6.92 Å². The van der Waals surface area contributed by atoms with Crippen LogP contribution in [-0.4, -0.2) is 24.1 Å². The highest BCUT2D eigenvalue weighted by Crippen LogP contribution is 2.35. The molecule has 1 saturated carbocycles. The molecule has 1 rings (SSSR count). The number of carbonyl (C=O) groups is 2. The van der Waals surface area contributed by atoms with Gasteiger partial charge in [-0.15, -0.1) is 0 Å². The lowest BCUT2D eigenvalue weighted by Crippen LogP contribution is -2.33. The van der Waals surface area contributed by atoms with Crippen molar-refractivity contribution in [1.29, 1.82) is 0 Å². The number of carbonyl (C=O) groups excluding carboxylic acids is 2. The Morgan fingerprint density at radius 3 is 2.35 bits per heavy atom. The van der Waals surface area contributed by atoms with Crippen LogP contribution in [-0.2, 0) is 19.1 Å². The van der Waals surface area contributed by atoms with Gasteiger partial charge < -0.3 is 9.47 Å². The van der Waals surface area contributed by atoms with Gasteiger partial charge in [-0.05, 0) is 39.0 Å². The summed E-state index contributed by atoms with van der Waals surface area (Å²) in [5.41, 5.74) is -0.0453. The molecule has 1 fully saturated rings. The second-order valence-electron chi connectivity index (χ2n) is 4.57. The maximum Gasteiger partial charge on any atom is 0.344 e. The highest BCUT2D eigenvalue weighted by Gasteiger charge is 2.35. The molecular weight excluding hydrogens is 220 g/mol. The Bertz CT molecular complexity index is 313. The van der Waals surface area contributed by atoms with E-state index in [0.29, 0.717) is 0 Å². The first-order chi connectivity index (χ1) is 7.99. The molecule has 0 bridgehead atoms. The van der Waals surface area contributed by atoms with Gasteiger partial charge >= 0.3 is 11.9 Å². The quantitative estimate of drug-likeness (QED) is 0.547. The Morgan fingerprint density at radius 1 is 1.29 bits per heavy atom. The van der Waals surface area contributed by atoms with Crippen LogP contribution in [0.25, 0.3) is 0 Å². The molecule has 0 amide bonds. The standard InChI is InChI=1S/C13H20O4/c1-4-13(7-5-6-8-13)17-11(14)9-16-12(15)10(2)3/h2,4-9H2,1,3H3. The van der Waals surface area contributed by atoms with Crippen molar-refractivity contribution in [2.75, 3.05) is 6.61 Å². The molecule has 0 radical (unpaired) electrons. The van der Waals surface area contributed by atoms with E-state index in [0.717, 1.165) is 32.1 Å². The summed E-state index contributed by atoms with van der Waals surface area (Å²) in [6, 6.07) is 0. The fraction of sp³-hybridized carbons (Fsp3) is 0.692. The Balaban J connectivity index is 2.38. The lowest BCUT2D eigenvalue weighted by molar-refractivity contribution is -0.169. The second-order valence-corrected chi connectivity index (χ2v) is 4.57. The van der Waals surface area contributed by atoms with E-state index in [9.17, 15) is 9.59 Å². The highest BCUT2D eigenvalue weighted by atomic mass is 16.6. The van der Waals surface area contributed by atoms with E-state index in [1.54, 1.807) is 0 Å². The lowest BCUT2D eigenvalue weighted by Gasteiger charge is -2.27. The third kappa shape index (κ3) is 3.88. The zero-order valence-electron chi connectivity index (χ0n) is 10.6. The van der Waals surface area contributed by atoms with Gasteiger partial charge in [0.2, 0.25) is 0 Å². The van der Waals surface area contributed by atoms with Crippen molar-refractivity contribution in [3.63, 3.8) is 0 Å². The second kappa shape index (κ2) is 5.84. The van der Waals surface area contributed by atoms with Gasteiger partial charge in [-0.3, -0.25) is 0 Å². The van der Waals surface area contributed by atoms with Gasteiger partial charge in [0.05, 0.1) is 0 Å². The van der Waals surface area contributed by atoms with Crippen LogP contribution >= 0.6 is 0 Å². The fourth-order valence-electron chi connectivity index (χ4n) is 2.07. The van der Waals surface area contributed by atoms with Gasteiger partial charge in [0.1, 0.15) is 5.60 Å². The first kappa shape index (κ1) is 13.7. The van der Waals surface area contributed by atoms with Crippen molar-refractivity contribution in [3.8, 4) is 0 Å². The summed E-state index contributed by atoms with van der Waals surface area (Å²) in [4.78, 5) is 22.7. The SMILES string of the molecule is C=C(C)C(=O)OCC(=O)OC1(CC)CCCC1. The van der Waals surface area contributed by atoms with Crippen molar-refractivity contribution >= 4 is 11.9 Å². The molecule has 1 aliphatic carbocycles. The molecule has 4 nitrogen and oxygen atoms in total. The van der Waals surface area contributed by atoms with E-state index < -0.39 is 11.9 Å². The topological polar surface area (TPSA) is 52.6 Å². The summed E-state index contributed by atoms with van der Waals surface area (Å²) < 4.78 is 10.2. The van der Waals surface area contributed by atoms with Crippen molar-refractivity contribution < 1.29 is 19.1 Å². The summed E-state index contributed by atoms with van der Waals surface area (Å²) in [7, 11) is 0. The zero-order chi connectivity index (χ0) is 12.9. The maximum absolute atomic E-state index is 11.6. The molecule has 0 aliphatic heterocycles. The van der Waals surface area contributed by atoms with Crippen LogP contribution in [0.5, 0.6) is 0 Å². The minimum Gasteiger partial charge on any atom is -0.457 e. The van der Waals surface area contributed by atoms with Crippen LogP contribution in [0.4, 0.5) is 0 Å². The Hall–Kier alpha value is -1.32. The number of esters is 2. The molecule has 0 atom stereocenters. The van der Waals surface area contributed by atoms with E-state index in [-0.39, 0.29) is 17.8 Å². The Labute approximate surface area is 102 Å². The van der Waals surface area contributed by atoms with E-state index in [1.807, 2.05) is 6.92 Å². The minimum atomic E-state index is -0.557. The Morgan fingerprint density at radius 2 is 1.88 bits per heavy atom. The monoisotopic (exact) mass is 240 g/mol. The average molecular weight is 240 g/mol.